The van der Waals surface area contributed by atoms with E-state index in [4.69, 9.17) is 11.5 Å². The summed E-state index contributed by atoms with van der Waals surface area (Å²) in [6.45, 7) is 6.73. The summed E-state index contributed by atoms with van der Waals surface area (Å²) in [5, 5.41) is 0. The van der Waals surface area contributed by atoms with E-state index in [0.29, 0.717) is 0 Å². The summed E-state index contributed by atoms with van der Waals surface area (Å²) in [4.78, 5) is 0. The Morgan fingerprint density at radius 2 is 1.37 bits per heavy atom. The highest BCUT2D eigenvalue weighted by atomic mass is 19.4. The highest BCUT2D eigenvalue weighted by Crippen LogP contribution is 2.45. The molecule has 0 aromatic heterocycles. The van der Waals surface area contributed by atoms with E-state index in [1.165, 1.54) is 24.3 Å². The predicted molar refractivity (Wildman–Crippen MR) is 70.5 cm³/mol. The molecule has 0 aliphatic heterocycles. The van der Waals surface area contributed by atoms with E-state index in [0.717, 1.165) is 12.2 Å². The van der Waals surface area contributed by atoms with Crippen LogP contribution < -0.4 is 11.5 Å². The Labute approximate surface area is 110 Å². The van der Waals surface area contributed by atoms with Crippen molar-refractivity contribution in [3.8, 4) is 0 Å². The zero-order valence-electron chi connectivity index (χ0n) is 10.4. The monoisotopic (exact) mass is 270 g/mol. The van der Waals surface area contributed by atoms with Gasteiger partial charge in [0.05, 0.1) is 0 Å². The van der Waals surface area contributed by atoms with Crippen LogP contribution in [0.25, 0.3) is 0 Å². The first-order valence-corrected chi connectivity index (χ1v) is 5.70. The van der Waals surface area contributed by atoms with Crippen molar-refractivity contribution >= 4 is 0 Å². The van der Waals surface area contributed by atoms with E-state index < -0.39 is 23.7 Å². The Morgan fingerprint density at radius 3 is 1.68 bits per heavy atom. The Morgan fingerprint density at radius 1 is 0.947 bits per heavy atom. The van der Waals surface area contributed by atoms with E-state index in [9.17, 15) is 13.2 Å². The Kier molecular flexibility index (Phi) is 4.55. The molecule has 0 aliphatic rings. The van der Waals surface area contributed by atoms with Crippen LogP contribution in [0.3, 0.4) is 0 Å². The van der Waals surface area contributed by atoms with Gasteiger partial charge in [-0.05, 0) is 5.56 Å². The lowest BCUT2D eigenvalue weighted by Crippen LogP contribution is -2.63. The smallest absolute Gasteiger partial charge is 0.323 e. The standard InChI is InChI=1S/C14H17F3N2/c1-3-11(18)13(12(19)4-2,14(15,16)17)10-8-6-5-7-9-10/h3-9,11-12H,1-2,18-19H2. The van der Waals surface area contributed by atoms with Crippen molar-refractivity contribution in [1.82, 2.24) is 0 Å². The lowest BCUT2D eigenvalue weighted by molar-refractivity contribution is -0.196. The molecule has 0 spiro atoms. The van der Waals surface area contributed by atoms with Gasteiger partial charge in [-0.1, -0.05) is 42.5 Å². The van der Waals surface area contributed by atoms with Gasteiger partial charge in [0.2, 0.25) is 0 Å². The number of nitrogens with two attached hydrogens (primary N) is 2. The number of hydrogen-bond acceptors (Lipinski definition) is 2. The second-order valence-electron chi connectivity index (χ2n) is 4.26. The van der Waals surface area contributed by atoms with Gasteiger partial charge >= 0.3 is 6.18 Å². The molecule has 1 aromatic carbocycles. The molecule has 0 saturated heterocycles. The van der Waals surface area contributed by atoms with E-state index >= 15 is 0 Å². The molecular formula is C14H17F3N2. The Bertz CT molecular complexity index is 426. The fourth-order valence-electron chi connectivity index (χ4n) is 2.23. The third-order valence-electron chi connectivity index (χ3n) is 3.28. The topological polar surface area (TPSA) is 52.0 Å². The van der Waals surface area contributed by atoms with E-state index in [1.54, 1.807) is 6.07 Å². The zero-order chi connectivity index (χ0) is 14.7. The van der Waals surface area contributed by atoms with Gasteiger partial charge in [-0.25, -0.2) is 0 Å². The minimum atomic E-state index is -4.63. The lowest BCUT2D eigenvalue weighted by Gasteiger charge is -2.43. The van der Waals surface area contributed by atoms with Gasteiger partial charge in [-0.3, -0.25) is 0 Å². The number of hydrogen-bond donors (Lipinski definition) is 2. The summed E-state index contributed by atoms with van der Waals surface area (Å²) in [7, 11) is 0. The minimum absolute atomic E-state index is 0.00213. The molecule has 1 rings (SSSR count). The van der Waals surface area contributed by atoms with Crippen LogP contribution in [0.4, 0.5) is 13.2 Å². The average Bonchev–Trinajstić information content (AvgIpc) is 2.38. The molecule has 2 nitrogen and oxygen atoms in total. The maximum atomic E-state index is 13.7. The van der Waals surface area contributed by atoms with Gasteiger partial charge in [0.15, 0.2) is 0 Å². The summed E-state index contributed by atoms with van der Waals surface area (Å²) < 4.78 is 41.0. The summed E-state index contributed by atoms with van der Waals surface area (Å²) in [5.74, 6) is 0. The van der Waals surface area contributed by atoms with Crippen LogP contribution in [0.2, 0.25) is 0 Å². The maximum Gasteiger partial charge on any atom is 0.402 e. The van der Waals surface area contributed by atoms with Crippen LogP contribution >= 0.6 is 0 Å². The molecule has 0 aliphatic carbocycles. The highest BCUT2D eigenvalue weighted by molar-refractivity contribution is 5.36. The third-order valence-corrected chi connectivity index (χ3v) is 3.28. The van der Waals surface area contributed by atoms with Crippen molar-refractivity contribution in [2.45, 2.75) is 23.7 Å². The summed E-state index contributed by atoms with van der Waals surface area (Å²) in [5.41, 5.74) is 8.93. The van der Waals surface area contributed by atoms with Crippen molar-refractivity contribution in [2.75, 3.05) is 0 Å². The quantitative estimate of drug-likeness (QED) is 0.808. The van der Waals surface area contributed by atoms with Crippen molar-refractivity contribution in [2.24, 2.45) is 11.5 Å². The first-order chi connectivity index (χ1) is 8.82. The maximum absolute atomic E-state index is 13.7. The molecule has 0 bridgehead atoms. The number of halogens is 3. The van der Waals surface area contributed by atoms with Gasteiger partial charge in [-0.2, -0.15) is 13.2 Å². The molecule has 0 amide bonds. The predicted octanol–water partition coefficient (Wildman–Crippen LogP) is 2.51. The van der Waals surface area contributed by atoms with Gasteiger partial charge in [0, 0.05) is 12.1 Å². The number of benzene rings is 1. The van der Waals surface area contributed by atoms with Crippen LogP contribution in [0.15, 0.2) is 55.6 Å². The van der Waals surface area contributed by atoms with Gasteiger partial charge in [0.25, 0.3) is 0 Å². The first-order valence-electron chi connectivity index (χ1n) is 5.70. The second kappa shape index (κ2) is 5.59. The van der Waals surface area contributed by atoms with Crippen molar-refractivity contribution < 1.29 is 13.2 Å². The Hall–Kier alpha value is -1.59. The third kappa shape index (κ3) is 2.43. The van der Waals surface area contributed by atoms with Gasteiger partial charge < -0.3 is 11.5 Å². The highest BCUT2D eigenvalue weighted by Gasteiger charge is 2.61. The van der Waals surface area contributed by atoms with E-state index in [-0.39, 0.29) is 5.56 Å². The second-order valence-corrected chi connectivity index (χ2v) is 4.26. The van der Waals surface area contributed by atoms with Crippen LogP contribution in [-0.4, -0.2) is 18.3 Å². The molecule has 0 saturated carbocycles. The molecule has 0 heterocycles. The van der Waals surface area contributed by atoms with Crippen LogP contribution in [0.1, 0.15) is 5.56 Å². The van der Waals surface area contributed by atoms with Gasteiger partial charge in [-0.15, -0.1) is 13.2 Å². The normalized spacial score (nSPS) is 18.2. The molecule has 5 heteroatoms. The van der Waals surface area contributed by atoms with Crippen molar-refractivity contribution in [3.63, 3.8) is 0 Å². The molecule has 4 N–H and O–H groups in total. The zero-order valence-corrected chi connectivity index (χ0v) is 10.4. The first kappa shape index (κ1) is 15.5. The Balaban J connectivity index is 3.62. The van der Waals surface area contributed by atoms with Gasteiger partial charge in [0.1, 0.15) is 5.41 Å². The number of rotatable bonds is 5. The minimum Gasteiger partial charge on any atom is -0.323 e. The molecule has 0 fully saturated rings. The molecule has 104 valence electrons. The summed E-state index contributed by atoms with van der Waals surface area (Å²) in [6, 6.07) is 4.64. The average molecular weight is 270 g/mol. The van der Waals surface area contributed by atoms with Crippen molar-refractivity contribution in [1.29, 1.82) is 0 Å². The molecule has 1 aromatic rings. The molecule has 0 radical (unpaired) electrons. The fourth-order valence-corrected chi connectivity index (χ4v) is 2.23. The van der Waals surface area contributed by atoms with Crippen LogP contribution in [-0.2, 0) is 5.41 Å². The summed E-state index contributed by atoms with van der Waals surface area (Å²) in [6.07, 6.45) is -2.51. The molecule has 19 heavy (non-hydrogen) atoms. The van der Waals surface area contributed by atoms with Crippen LogP contribution in [0, 0.1) is 0 Å². The fraction of sp³-hybridized carbons (Fsp3) is 0.286. The lowest BCUT2D eigenvalue weighted by atomic mass is 9.68. The SMILES string of the molecule is C=CC(N)C(c1ccccc1)(C(N)C=C)C(F)(F)F. The largest absolute Gasteiger partial charge is 0.402 e. The number of alkyl halides is 3. The molecule has 2 unspecified atom stereocenters. The van der Waals surface area contributed by atoms with E-state index in [1.807, 2.05) is 0 Å². The van der Waals surface area contributed by atoms with E-state index in [2.05, 4.69) is 13.2 Å². The van der Waals surface area contributed by atoms with Crippen LogP contribution in [0.5, 0.6) is 0 Å². The molecule has 2 atom stereocenters. The van der Waals surface area contributed by atoms with Crippen molar-refractivity contribution in [3.05, 3.63) is 61.2 Å². The summed E-state index contributed by atoms with van der Waals surface area (Å²) >= 11 is 0. The molecular weight excluding hydrogens is 253 g/mol.